The van der Waals surface area contributed by atoms with Gasteiger partial charge in [0.15, 0.2) is 0 Å². The molecular weight excluding hydrogens is 314 g/mol. The Morgan fingerprint density at radius 2 is 2.04 bits per heavy atom. The molecule has 1 aliphatic heterocycles. The van der Waals surface area contributed by atoms with Crippen molar-refractivity contribution < 1.29 is 9.59 Å². The number of nitrogens with one attached hydrogen (secondary N) is 2. The zero-order chi connectivity index (χ0) is 17.2. The number of hydrogen-bond donors (Lipinski definition) is 2. The lowest BCUT2D eigenvalue weighted by Crippen LogP contribution is -2.49. The van der Waals surface area contributed by atoms with E-state index in [0.717, 1.165) is 30.8 Å². The molecule has 2 fully saturated rings. The fourth-order valence-electron chi connectivity index (χ4n) is 4.29. The van der Waals surface area contributed by atoms with Crippen molar-refractivity contribution in [2.24, 2.45) is 17.8 Å². The smallest absolute Gasteiger partial charge is 0.254 e. The van der Waals surface area contributed by atoms with Crippen molar-refractivity contribution in [2.45, 2.75) is 19.4 Å². The Morgan fingerprint density at radius 3 is 2.72 bits per heavy atom. The van der Waals surface area contributed by atoms with E-state index in [4.69, 9.17) is 0 Å². The lowest BCUT2D eigenvalue weighted by Gasteiger charge is -2.26. The van der Waals surface area contributed by atoms with E-state index in [0.29, 0.717) is 18.7 Å². The van der Waals surface area contributed by atoms with Crippen LogP contribution in [0.1, 0.15) is 28.8 Å². The van der Waals surface area contributed by atoms with E-state index in [-0.39, 0.29) is 18.4 Å². The van der Waals surface area contributed by atoms with Gasteiger partial charge in [-0.3, -0.25) is 9.59 Å². The van der Waals surface area contributed by atoms with Crippen LogP contribution in [0.2, 0.25) is 0 Å². The topological polar surface area (TPSA) is 61.4 Å². The van der Waals surface area contributed by atoms with Gasteiger partial charge in [-0.1, -0.05) is 24.3 Å². The van der Waals surface area contributed by atoms with Gasteiger partial charge in [0.1, 0.15) is 0 Å². The number of fused-ring (bicyclic) bond motifs is 2. The molecule has 3 aliphatic rings. The summed E-state index contributed by atoms with van der Waals surface area (Å²) in [5, 5.41) is 6.30. The Labute approximate surface area is 148 Å². The highest BCUT2D eigenvalue weighted by atomic mass is 16.2. The normalized spacial score (nSPS) is 27.6. The minimum atomic E-state index is -0.0871. The summed E-state index contributed by atoms with van der Waals surface area (Å²) in [4.78, 5) is 25.5. The number of rotatable bonds is 5. The predicted octanol–water partition coefficient (Wildman–Crippen LogP) is 1.56. The first kappa shape index (κ1) is 16.3. The maximum absolute atomic E-state index is 12.4. The molecule has 1 heterocycles. The van der Waals surface area contributed by atoms with Gasteiger partial charge in [-0.15, -0.1) is 0 Å². The Morgan fingerprint density at radius 1 is 1.20 bits per heavy atom. The number of carbonyl (C=O) groups is 2. The molecule has 5 nitrogen and oxygen atoms in total. The molecule has 0 aromatic heterocycles. The summed E-state index contributed by atoms with van der Waals surface area (Å²) in [6.45, 7) is 3.16. The van der Waals surface area contributed by atoms with E-state index in [1.807, 2.05) is 24.3 Å². The summed E-state index contributed by atoms with van der Waals surface area (Å²) in [6, 6.07) is 7.74. The highest BCUT2D eigenvalue weighted by Gasteiger charge is 2.34. The van der Waals surface area contributed by atoms with Crippen LogP contribution in [0, 0.1) is 17.8 Å². The molecule has 1 saturated heterocycles. The third-order valence-electron chi connectivity index (χ3n) is 5.68. The summed E-state index contributed by atoms with van der Waals surface area (Å²) in [6.07, 6.45) is 7.44. The van der Waals surface area contributed by atoms with Gasteiger partial charge >= 0.3 is 0 Å². The molecule has 132 valence electrons. The summed E-state index contributed by atoms with van der Waals surface area (Å²) >= 11 is 0. The fraction of sp³-hybridized carbons (Fsp3) is 0.500. The molecule has 0 unspecified atom stereocenters. The lowest BCUT2D eigenvalue weighted by molar-refractivity contribution is -0.123. The Bertz CT molecular complexity index is 683. The molecular formula is C20H25N3O2. The third kappa shape index (κ3) is 3.61. The number of piperazine rings is 1. The van der Waals surface area contributed by atoms with Crippen molar-refractivity contribution in [1.29, 1.82) is 0 Å². The zero-order valence-corrected chi connectivity index (χ0v) is 14.4. The molecule has 2 aliphatic carbocycles. The molecule has 25 heavy (non-hydrogen) atoms. The van der Waals surface area contributed by atoms with Crippen molar-refractivity contribution in [3.63, 3.8) is 0 Å². The van der Waals surface area contributed by atoms with Crippen LogP contribution in [-0.2, 0) is 11.3 Å². The minimum Gasteiger partial charge on any atom is -0.353 e. The molecule has 5 heteroatoms. The quantitative estimate of drug-likeness (QED) is 0.801. The number of carbonyl (C=O) groups excluding carboxylic acids is 2. The number of hydrogen-bond acceptors (Lipinski definition) is 3. The number of allylic oxidation sites excluding steroid dienone is 2. The fourth-order valence-corrected chi connectivity index (χ4v) is 4.29. The van der Waals surface area contributed by atoms with Gasteiger partial charge < -0.3 is 15.5 Å². The van der Waals surface area contributed by atoms with Gasteiger partial charge in [0, 0.05) is 25.2 Å². The zero-order valence-electron chi connectivity index (χ0n) is 14.4. The predicted molar refractivity (Wildman–Crippen MR) is 95.9 cm³/mol. The van der Waals surface area contributed by atoms with Gasteiger partial charge in [-0.2, -0.15) is 0 Å². The molecule has 1 aromatic carbocycles. The number of amides is 2. The number of benzene rings is 1. The largest absolute Gasteiger partial charge is 0.353 e. The van der Waals surface area contributed by atoms with Crippen molar-refractivity contribution in [3.8, 4) is 0 Å². The lowest BCUT2D eigenvalue weighted by atomic mass is 9.93. The Kier molecular flexibility index (Phi) is 4.57. The Balaban J connectivity index is 1.27. The molecule has 3 atom stereocenters. The Hall–Kier alpha value is -2.14. The van der Waals surface area contributed by atoms with Crippen LogP contribution in [0.4, 0.5) is 0 Å². The minimum absolute atomic E-state index is 0.0665. The van der Waals surface area contributed by atoms with Crippen LogP contribution in [0.5, 0.6) is 0 Å². The van der Waals surface area contributed by atoms with Crippen LogP contribution < -0.4 is 10.6 Å². The monoisotopic (exact) mass is 339 g/mol. The second-order valence-corrected chi connectivity index (χ2v) is 7.44. The van der Waals surface area contributed by atoms with Crippen LogP contribution >= 0.6 is 0 Å². The second kappa shape index (κ2) is 7.00. The highest BCUT2D eigenvalue weighted by molar-refractivity contribution is 5.97. The summed E-state index contributed by atoms with van der Waals surface area (Å²) in [7, 11) is 0. The molecule has 2 amide bonds. The molecule has 0 spiro atoms. The maximum atomic E-state index is 12.4. The first-order valence-electron chi connectivity index (χ1n) is 9.23. The van der Waals surface area contributed by atoms with E-state index in [9.17, 15) is 9.59 Å². The van der Waals surface area contributed by atoms with E-state index >= 15 is 0 Å². The van der Waals surface area contributed by atoms with Crippen LogP contribution in [0.25, 0.3) is 0 Å². The average molecular weight is 339 g/mol. The van der Waals surface area contributed by atoms with E-state index in [1.54, 1.807) is 4.90 Å². The van der Waals surface area contributed by atoms with Gasteiger partial charge in [0.05, 0.1) is 6.54 Å². The molecule has 4 rings (SSSR count). The van der Waals surface area contributed by atoms with Gasteiger partial charge in [0.2, 0.25) is 5.91 Å². The van der Waals surface area contributed by atoms with E-state index in [1.165, 1.54) is 18.4 Å². The van der Waals surface area contributed by atoms with Crippen molar-refractivity contribution in [2.75, 3.05) is 26.2 Å². The van der Waals surface area contributed by atoms with Crippen molar-refractivity contribution >= 4 is 11.8 Å². The second-order valence-electron chi connectivity index (χ2n) is 7.44. The summed E-state index contributed by atoms with van der Waals surface area (Å²) in [5.41, 5.74) is 1.84. The molecule has 2 bridgehead atoms. The highest BCUT2D eigenvalue weighted by Crippen LogP contribution is 2.42. The van der Waals surface area contributed by atoms with Gasteiger partial charge in [-0.25, -0.2) is 0 Å². The summed E-state index contributed by atoms with van der Waals surface area (Å²) < 4.78 is 0. The molecule has 1 saturated carbocycles. The van der Waals surface area contributed by atoms with Crippen LogP contribution in [-0.4, -0.2) is 42.9 Å². The van der Waals surface area contributed by atoms with Crippen molar-refractivity contribution in [3.05, 3.63) is 47.5 Å². The standard InChI is InChI=1S/C20H25N3O2/c24-19-13-23(8-7-22-19)20(25)16-4-1-14(2-5-16)11-21-12-18-10-15-3-6-17(18)9-15/h1-6,15,17-18,21H,7-13H2,(H,22,24)/t15-,17-,18-/m0/s1. The SMILES string of the molecule is O=C1CN(C(=O)c2ccc(CNC[C@@H]3C[C@H]4C=C[C@H]3C4)cc2)CCN1. The first-order valence-corrected chi connectivity index (χ1v) is 9.23. The number of nitrogens with zero attached hydrogens (tertiary/aromatic N) is 1. The molecule has 2 N–H and O–H groups in total. The van der Waals surface area contributed by atoms with Gasteiger partial charge in [0.25, 0.3) is 5.91 Å². The average Bonchev–Trinajstić information content (AvgIpc) is 3.25. The maximum Gasteiger partial charge on any atom is 0.254 e. The van der Waals surface area contributed by atoms with Crippen molar-refractivity contribution in [1.82, 2.24) is 15.5 Å². The van der Waals surface area contributed by atoms with E-state index < -0.39 is 0 Å². The first-order chi connectivity index (χ1) is 12.2. The van der Waals surface area contributed by atoms with Crippen LogP contribution in [0.15, 0.2) is 36.4 Å². The van der Waals surface area contributed by atoms with Gasteiger partial charge in [-0.05, 0) is 54.8 Å². The summed E-state index contributed by atoms with van der Waals surface area (Å²) in [5.74, 6) is 2.22. The molecule has 0 radical (unpaired) electrons. The third-order valence-corrected chi connectivity index (χ3v) is 5.68. The van der Waals surface area contributed by atoms with Crippen LogP contribution in [0.3, 0.4) is 0 Å². The molecule has 1 aromatic rings. The van der Waals surface area contributed by atoms with E-state index in [2.05, 4.69) is 22.8 Å².